The second-order valence-corrected chi connectivity index (χ2v) is 6.08. The maximum Gasteiger partial charge on any atom is 0.257 e. The molecule has 0 saturated heterocycles. The highest BCUT2D eigenvalue weighted by Crippen LogP contribution is 2.14. The molecular formula is C13H16N2O2S. The van der Waals surface area contributed by atoms with E-state index in [4.69, 9.17) is 0 Å². The Labute approximate surface area is 107 Å². The van der Waals surface area contributed by atoms with Gasteiger partial charge in [-0.15, -0.1) is 4.83 Å². The predicted molar refractivity (Wildman–Crippen MR) is 71.1 cm³/mol. The van der Waals surface area contributed by atoms with Crippen molar-refractivity contribution in [2.24, 2.45) is 0 Å². The van der Waals surface area contributed by atoms with Crippen LogP contribution in [-0.2, 0) is 10.0 Å². The Bertz CT molecular complexity index is 598. The lowest BCUT2D eigenvalue weighted by atomic mass is 10.2. The molecule has 18 heavy (non-hydrogen) atoms. The molecule has 0 unspecified atom stereocenters. The van der Waals surface area contributed by atoms with Crippen LogP contribution in [0.4, 0.5) is 0 Å². The van der Waals surface area contributed by atoms with Crippen molar-refractivity contribution in [3.05, 3.63) is 53.3 Å². The number of rotatable bonds is 4. The minimum absolute atomic E-state index is 0.250. The summed E-state index contributed by atoms with van der Waals surface area (Å²) in [6, 6.07) is 6.72. The molecule has 0 bridgehead atoms. The van der Waals surface area contributed by atoms with Crippen LogP contribution in [0.5, 0.6) is 0 Å². The van der Waals surface area contributed by atoms with E-state index in [0.29, 0.717) is 0 Å². The smallest absolute Gasteiger partial charge is 0.257 e. The summed E-state index contributed by atoms with van der Waals surface area (Å²) in [5.74, 6) is 0. The standard InChI is InChI=1S/C13H16N2O2S/c1-10-4-7-13(8-5-10)18(16,17)15-14-12-6-3-11(2)9-12/h4-9,14-15H,3H2,1-2H3. The Hall–Kier alpha value is -1.59. The van der Waals surface area contributed by atoms with E-state index in [1.54, 1.807) is 24.3 Å². The van der Waals surface area contributed by atoms with Crippen LogP contribution in [0, 0.1) is 6.92 Å². The Kier molecular flexibility index (Phi) is 3.54. The van der Waals surface area contributed by atoms with Crippen molar-refractivity contribution in [2.45, 2.75) is 25.2 Å². The van der Waals surface area contributed by atoms with Crippen LogP contribution >= 0.6 is 0 Å². The van der Waals surface area contributed by atoms with Gasteiger partial charge in [-0.05, 0) is 38.5 Å². The first-order valence-corrected chi connectivity index (χ1v) is 7.17. The van der Waals surface area contributed by atoms with Gasteiger partial charge in [0.05, 0.1) is 4.90 Å². The van der Waals surface area contributed by atoms with E-state index in [1.165, 1.54) is 5.57 Å². The number of hydrazine groups is 1. The molecule has 4 nitrogen and oxygen atoms in total. The number of aryl methyl sites for hydroxylation is 1. The van der Waals surface area contributed by atoms with Gasteiger partial charge >= 0.3 is 0 Å². The molecule has 1 aliphatic rings. The summed E-state index contributed by atoms with van der Waals surface area (Å²) in [4.78, 5) is 2.62. The van der Waals surface area contributed by atoms with Gasteiger partial charge in [0.1, 0.15) is 0 Å². The van der Waals surface area contributed by atoms with E-state index >= 15 is 0 Å². The molecule has 0 fully saturated rings. The first-order valence-electron chi connectivity index (χ1n) is 5.69. The molecule has 5 heteroatoms. The summed E-state index contributed by atoms with van der Waals surface area (Å²) in [5, 5.41) is 0. The fourth-order valence-corrected chi connectivity index (χ4v) is 2.51. The van der Waals surface area contributed by atoms with E-state index in [0.717, 1.165) is 17.7 Å². The van der Waals surface area contributed by atoms with Crippen LogP contribution in [0.1, 0.15) is 18.9 Å². The Morgan fingerprint density at radius 3 is 2.33 bits per heavy atom. The van der Waals surface area contributed by atoms with Gasteiger partial charge in [-0.25, -0.2) is 8.42 Å². The molecule has 0 spiro atoms. The molecule has 0 radical (unpaired) electrons. The van der Waals surface area contributed by atoms with Crippen LogP contribution in [0.3, 0.4) is 0 Å². The van der Waals surface area contributed by atoms with Gasteiger partial charge in [0.25, 0.3) is 10.0 Å². The van der Waals surface area contributed by atoms with Crippen LogP contribution in [0.25, 0.3) is 0 Å². The second-order valence-electron chi connectivity index (χ2n) is 4.40. The van der Waals surface area contributed by atoms with E-state index in [2.05, 4.69) is 10.3 Å². The van der Waals surface area contributed by atoms with Crippen molar-refractivity contribution in [3.63, 3.8) is 0 Å². The van der Waals surface area contributed by atoms with E-state index in [-0.39, 0.29) is 4.90 Å². The molecule has 0 amide bonds. The summed E-state index contributed by atoms with van der Waals surface area (Å²) in [5.41, 5.74) is 5.72. The van der Waals surface area contributed by atoms with Crippen molar-refractivity contribution >= 4 is 10.0 Å². The molecule has 0 saturated carbocycles. The lowest BCUT2D eigenvalue weighted by Gasteiger charge is -2.09. The summed E-state index contributed by atoms with van der Waals surface area (Å²) in [6.07, 6.45) is 4.71. The van der Waals surface area contributed by atoms with E-state index in [9.17, 15) is 8.42 Å². The molecular weight excluding hydrogens is 248 g/mol. The van der Waals surface area contributed by atoms with Crippen LogP contribution < -0.4 is 10.3 Å². The number of hydrogen-bond acceptors (Lipinski definition) is 3. The highest BCUT2D eigenvalue weighted by atomic mass is 32.2. The number of allylic oxidation sites excluding steroid dienone is 3. The van der Waals surface area contributed by atoms with Gasteiger partial charge in [0.15, 0.2) is 0 Å². The number of hydrogen-bond donors (Lipinski definition) is 2. The zero-order chi connectivity index (χ0) is 13.2. The SMILES string of the molecule is CC1=CC(NNS(=O)(=O)c2ccc(C)cc2)=CC1. The summed E-state index contributed by atoms with van der Waals surface area (Å²) < 4.78 is 23.9. The maximum atomic E-state index is 12.0. The third-order valence-corrected chi connectivity index (χ3v) is 3.97. The average molecular weight is 264 g/mol. The van der Waals surface area contributed by atoms with Gasteiger partial charge in [-0.3, -0.25) is 0 Å². The fourth-order valence-electron chi connectivity index (χ4n) is 1.64. The lowest BCUT2D eigenvalue weighted by molar-refractivity contribution is 0.572. The van der Waals surface area contributed by atoms with Crippen molar-refractivity contribution < 1.29 is 8.42 Å². The zero-order valence-corrected chi connectivity index (χ0v) is 11.2. The third-order valence-electron chi connectivity index (χ3n) is 2.71. The first-order chi connectivity index (χ1) is 8.47. The third kappa shape index (κ3) is 3.00. The average Bonchev–Trinajstić information content (AvgIpc) is 2.73. The summed E-state index contributed by atoms with van der Waals surface area (Å²) in [7, 11) is -3.51. The Morgan fingerprint density at radius 2 is 1.78 bits per heavy atom. The van der Waals surface area contributed by atoms with Gasteiger partial charge < -0.3 is 5.43 Å². The molecule has 2 rings (SSSR count). The van der Waals surface area contributed by atoms with Gasteiger partial charge in [0.2, 0.25) is 0 Å². The largest absolute Gasteiger partial charge is 0.308 e. The minimum Gasteiger partial charge on any atom is -0.308 e. The Balaban J connectivity index is 2.06. The van der Waals surface area contributed by atoms with E-state index in [1.807, 2.05) is 26.0 Å². The molecule has 0 atom stereocenters. The van der Waals surface area contributed by atoms with Crippen LogP contribution in [-0.4, -0.2) is 8.42 Å². The highest BCUT2D eigenvalue weighted by Gasteiger charge is 2.13. The predicted octanol–water partition coefficient (Wildman–Crippen LogP) is 2.01. The normalized spacial score (nSPS) is 15.2. The topological polar surface area (TPSA) is 58.2 Å². The zero-order valence-electron chi connectivity index (χ0n) is 10.4. The monoisotopic (exact) mass is 264 g/mol. The molecule has 0 aliphatic heterocycles. The number of sulfonamides is 1. The summed E-state index contributed by atoms with van der Waals surface area (Å²) >= 11 is 0. The lowest BCUT2D eigenvalue weighted by Crippen LogP contribution is -2.36. The van der Waals surface area contributed by atoms with Gasteiger partial charge in [-0.2, -0.15) is 0 Å². The van der Waals surface area contributed by atoms with Crippen molar-refractivity contribution in [3.8, 4) is 0 Å². The molecule has 96 valence electrons. The number of benzene rings is 1. The summed E-state index contributed by atoms with van der Waals surface area (Å²) in [6.45, 7) is 3.92. The van der Waals surface area contributed by atoms with Crippen molar-refractivity contribution in [1.82, 2.24) is 10.3 Å². The van der Waals surface area contributed by atoms with Crippen molar-refractivity contribution in [2.75, 3.05) is 0 Å². The van der Waals surface area contributed by atoms with Crippen molar-refractivity contribution in [1.29, 1.82) is 0 Å². The number of nitrogens with one attached hydrogen (secondary N) is 2. The quantitative estimate of drug-likeness (QED) is 0.818. The van der Waals surface area contributed by atoms with E-state index < -0.39 is 10.0 Å². The Morgan fingerprint density at radius 1 is 1.11 bits per heavy atom. The minimum atomic E-state index is -3.51. The molecule has 0 aromatic heterocycles. The molecule has 1 aliphatic carbocycles. The molecule has 0 heterocycles. The highest BCUT2D eigenvalue weighted by molar-refractivity contribution is 7.89. The van der Waals surface area contributed by atoms with Gasteiger partial charge in [-0.1, -0.05) is 29.3 Å². The maximum absolute atomic E-state index is 12.0. The van der Waals surface area contributed by atoms with Crippen LogP contribution in [0.15, 0.2) is 52.6 Å². The van der Waals surface area contributed by atoms with Gasteiger partial charge in [0, 0.05) is 5.70 Å². The first kappa shape index (κ1) is 12.9. The molecule has 2 N–H and O–H groups in total. The fraction of sp³-hybridized carbons (Fsp3) is 0.231. The molecule has 1 aromatic carbocycles. The second kappa shape index (κ2) is 4.96. The molecule has 1 aromatic rings. The van der Waals surface area contributed by atoms with Crippen LogP contribution in [0.2, 0.25) is 0 Å².